The van der Waals surface area contributed by atoms with Crippen molar-refractivity contribution in [1.29, 1.82) is 0 Å². The van der Waals surface area contributed by atoms with Crippen LogP contribution in [0.3, 0.4) is 0 Å². The zero-order chi connectivity index (χ0) is 16.9. The van der Waals surface area contributed by atoms with Crippen LogP contribution < -0.4 is 5.32 Å². The Morgan fingerprint density at radius 3 is 2.92 bits per heavy atom. The highest BCUT2D eigenvalue weighted by Crippen LogP contribution is 2.23. The molecule has 0 fully saturated rings. The number of nitrogens with zero attached hydrogens (tertiary/aromatic N) is 3. The van der Waals surface area contributed by atoms with Crippen molar-refractivity contribution in [2.75, 3.05) is 26.8 Å². The molecule has 2 N–H and O–H groups in total. The van der Waals surface area contributed by atoms with Gasteiger partial charge in [-0.1, -0.05) is 30.3 Å². The van der Waals surface area contributed by atoms with Crippen LogP contribution in [0.25, 0.3) is 0 Å². The largest absolute Gasteiger partial charge is 0.383 e. The summed E-state index contributed by atoms with van der Waals surface area (Å²) >= 11 is 0. The van der Waals surface area contributed by atoms with Gasteiger partial charge in [0.25, 0.3) is 0 Å². The summed E-state index contributed by atoms with van der Waals surface area (Å²) in [6, 6.07) is 11.2. The lowest BCUT2D eigenvalue weighted by Crippen LogP contribution is -2.45. The van der Waals surface area contributed by atoms with Crippen LogP contribution in [0, 0.1) is 0 Å². The third-order valence-corrected chi connectivity index (χ3v) is 4.08. The van der Waals surface area contributed by atoms with Gasteiger partial charge in [0.2, 0.25) is 0 Å². The molecule has 1 unspecified atom stereocenters. The molecule has 1 aromatic carbocycles. The first-order valence-electron chi connectivity index (χ1n) is 8.00. The predicted molar refractivity (Wildman–Crippen MR) is 88.4 cm³/mol. The van der Waals surface area contributed by atoms with Crippen LogP contribution >= 0.6 is 0 Å². The Bertz CT molecular complexity index is 686. The van der Waals surface area contributed by atoms with E-state index in [0.29, 0.717) is 38.5 Å². The maximum atomic E-state index is 12.1. The molecule has 0 spiro atoms. The molecule has 2 heterocycles. The zero-order valence-electron chi connectivity index (χ0n) is 13.7. The Morgan fingerprint density at radius 2 is 2.17 bits per heavy atom. The molecule has 7 nitrogen and oxygen atoms in total. The van der Waals surface area contributed by atoms with Gasteiger partial charge in [0.1, 0.15) is 6.10 Å². The molecule has 2 aromatic rings. The Balaban J connectivity index is 1.67. The second-order valence-electron chi connectivity index (χ2n) is 5.74. The molecule has 0 saturated heterocycles. The second-order valence-corrected chi connectivity index (χ2v) is 5.74. The molecule has 2 amide bonds. The number of carbonyl (C=O) groups excluding carboxylic acids is 1. The first-order valence-corrected chi connectivity index (χ1v) is 8.00. The van der Waals surface area contributed by atoms with Gasteiger partial charge in [-0.25, -0.2) is 4.79 Å². The number of hydrogen-bond donors (Lipinski definition) is 2. The maximum absolute atomic E-state index is 12.1. The highest BCUT2D eigenvalue weighted by molar-refractivity contribution is 5.74. The monoisotopic (exact) mass is 330 g/mol. The fourth-order valence-corrected chi connectivity index (χ4v) is 2.77. The van der Waals surface area contributed by atoms with Gasteiger partial charge in [0, 0.05) is 20.2 Å². The van der Waals surface area contributed by atoms with E-state index in [-0.39, 0.29) is 6.03 Å². The molecule has 0 saturated carbocycles. The Labute approximate surface area is 140 Å². The lowest BCUT2D eigenvalue weighted by atomic mass is 10.1. The first kappa shape index (κ1) is 16.5. The van der Waals surface area contributed by atoms with Crippen molar-refractivity contribution in [2.45, 2.75) is 19.2 Å². The van der Waals surface area contributed by atoms with Gasteiger partial charge >= 0.3 is 6.03 Å². The molecule has 0 aliphatic carbocycles. The van der Waals surface area contributed by atoms with Crippen molar-refractivity contribution in [3.8, 4) is 0 Å². The molecular weight excluding hydrogens is 308 g/mol. The van der Waals surface area contributed by atoms with E-state index in [1.54, 1.807) is 12.0 Å². The van der Waals surface area contributed by atoms with E-state index in [1.807, 2.05) is 41.1 Å². The standard InChI is InChI=1S/C17H22N4O3/c1-24-10-7-18-17(23)20-8-9-21-14(12-20)11-15(19-21)16(22)13-5-3-2-4-6-13/h2-6,11,16,22H,7-10,12H2,1H3,(H,18,23). The zero-order valence-corrected chi connectivity index (χ0v) is 13.7. The number of aliphatic hydroxyl groups excluding tert-OH is 1. The number of aliphatic hydroxyl groups is 1. The van der Waals surface area contributed by atoms with Crippen LogP contribution in [-0.4, -0.2) is 52.6 Å². The summed E-state index contributed by atoms with van der Waals surface area (Å²) in [4.78, 5) is 13.9. The molecule has 1 aromatic heterocycles. The molecule has 7 heteroatoms. The minimum absolute atomic E-state index is 0.107. The third-order valence-electron chi connectivity index (χ3n) is 4.08. The minimum Gasteiger partial charge on any atom is -0.383 e. The van der Waals surface area contributed by atoms with Crippen LogP contribution in [0.5, 0.6) is 0 Å². The summed E-state index contributed by atoms with van der Waals surface area (Å²) in [5.41, 5.74) is 2.34. The van der Waals surface area contributed by atoms with E-state index in [2.05, 4.69) is 10.4 Å². The fraction of sp³-hybridized carbons (Fsp3) is 0.412. The number of rotatable bonds is 5. The van der Waals surface area contributed by atoms with Crippen LogP contribution in [0.15, 0.2) is 36.4 Å². The van der Waals surface area contributed by atoms with E-state index in [9.17, 15) is 9.90 Å². The summed E-state index contributed by atoms with van der Waals surface area (Å²) in [5.74, 6) is 0. The van der Waals surface area contributed by atoms with Crippen molar-refractivity contribution in [3.05, 3.63) is 53.3 Å². The summed E-state index contributed by atoms with van der Waals surface area (Å²) in [6.07, 6.45) is -0.756. The topological polar surface area (TPSA) is 79.6 Å². The smallest absolute Gasteiger partial charge is 0.317 e. The summed E-state index contributed by atoms with van der Waals surface area (Å²) in [7, 11) is 1.60. The number of methoxy groups -OCH3 is 1. The maximum Gasteiger partial charge on any atom is 0.317 e. The van der Waals surface area contributed by atoms with Gasteiger partial charge < -0.3 is 20.1 Å². The van der Waals surface area contributed by atoms with Gasteiger partial charge in [-0.3, -0.25) is 4.68 Å². The molecule has 3 rings (SSSR count). The predicted octanol–water partition coefficient (Wildman–Crippen LogP) is 1.14. The SMILES string of the molecule is COCCNC(=O)N1CCn2nc(C(O)c3ccccc3)cc2C1. The minimum atomic E-state index is -0.756. The Kier molecular flexibility index (Phi) is 5.12. The first-order chi connectivity index (χ1) is 11.7. The van der Waals surface area contributed by atoms with Crippen LogP contribution in [0.2, 0.25) is 0 Å². The van der Waals surface area contributed by atoms with Crippen molar-refractivity contribution in [3.63, 3.8) is 0 Å². The lowest BCUT2D eigenvalue weighted by Gasteiger charge is -2.27. The second kappa shape index (κ2) is 7.46. The van der Waals surface area contributed by atoms with Crippen molar-refractivity contribution >= 4 is 6.03 Å². The van der Waals surface area contributed by atoms with Crippen molar-refractivity contribution in [2.24, 2.45) is 0 Å². The molecule has 1 aliphatic heterocycles. The fourth-order valence-electron chi connectivity index (χ4n) is 2.77. The molecule has 0 radical (unpaired) electrons. The number of nitrogens with one attached hydrogen (secondary N) is 1. The number of fused-ring (bicyclic) bond motifs is 1. The van der Waals surface area contributed by atoms with E-state index in [0.717, 1.165) is 11.3 Å². The molecule has 1 aliphatic rings. The molecule has 1 atom stereocenters. The van der Waals surface area contributed by atoms with Crippen molar-refractivity contribution < 1.29 is 14.6 Å². The molecule has 0 bridgehead atoms. The molecular formula is C17H22N4O3. The lowest BCUT2D eigenvalue weighted by molar-refractivity contribution is 0.168. The van der Waals surface area contributed by atoms with Gasteiger partial charge in [0.05, 0.1) is 31.1 Å². The summed E-state index contributed by atoms with van der Waals surface area (Å²) in [6.45, 7) is 2.67. The van der Waals surface area contributed by atoms with Crippen molar-refractivity contribution in [1.82, 2.24) is 20.0 Å². The van der Waals surface area contributed by atoms with E-state index >= 15 is 0 Å². The quantitative estimate of drug-likeness (QED) is 0.806. The van der Waals surface area contributed by atoms with Crippen LogP contribution in [0.4, 0.5) is 4.79 Å². The van der Waals surface area contributed by atoms with Gasteiger partial charge in [0.15, 0.2) is 0 Å². The summed E-state index contributed by atoms with van der Waals surface area (Å²) < 4.78 is 6.79. The average molecular weight is 330 g/mol. The molecule has 24 heavy (non-hydrogen) atoms. The normalized spacial score (nSPS) is 15.0. The van der Waals surface area contributed by atoms with E-state index in [4.69, 9.17) is 4.74 Å². The highest BCUT2D eigenvalue weighted by atomic mass is 16.5. The van der Waals surface area contributed by atoms with E-state index in [1.165, 1.54) is 0 Å². The van der Waals surface area contributed by atoms with Gasteiger partial charge in [-0.05, 0) is 11.6 Å². The third kappa shape index (κ3) is 3.58. The number of hydrogen-bond acceptors (Lipinski definition) is 4. The van der Waals surface area contributed by atoms with Crippen LogP contribution in [0.1, 0.15) is 23.1 Å². The number of aromatic nitrogens is 2. The highest BCUT2D eigenvalue weighted by Gasteiger charge is 2.24. The number of urea groups is 1. The van der Waals surface area contributed by atoms with Gasteiger partial charge in [-0.2, -0.15) is 5.10 Å². The Morgan fingerprint density at radius 1 is 1.38 bits per heavy atom. The molecule has 128 valence electrons. The number of ether oxygens (including phenoxy) is 1. The summed E-state index contributed by atoms with van der Waals surface area (Å²) in [5, 5.41) is 17.8. The Hall–Kier alpha value is -2.38. The number of carbonyl (C=O) groups is 1. The number of amides is 2. The van der Waals surface area contributed by atoms with Gasteiger partial charge in [-0.15, -0.1) is 0 Å². The number of benzene rings is 1. The van der Waals surface area contributed by atoms with E-state index < -0.39 is 6.10 Å². The van der Waals surface area contributed by atoms with Crippen LogP contribution in [-0.2, 0) is 17.8 Å². The average Bonchev–Trinajstić information content (AvgIpc) is 3.05.